The molecule has 2 rings (SSSR count). The van der Waals surface area contributed by atoms with Crippen LogP contribution in [0.2, 0.25) is 5.02 Å². The molecule has 4 nitrogen and oxygen atoms in total. The molecule has 1 heterocycles. The summed E-state index contributed by atoms with van der Waals surface area (Å²) in [6.07, 6.45) is 0. The van der Waals surface area contributed by atoms with Gasteiger partial charge in [0.25, 0.3) is 5.82 Å². The van der Waals surface area contributed by atoms with Gasteiger partial charge in [0.1, 0.15) is 5.01 Å². The van der Waals surface area contributed by atoms with Crippen LogP contribution < -0.4 is 0 Å². The fourth-order valence-corrected chi connectivity index (χ4v) is 2.03. The van der Waals surface area contributed by atoms with Crippen LogP contribution in [0.1, 0.15) is 10.6 Å². The Balaban J connectivity index is 2.46. The Morgan fingerprint density at radius 2 is 2.13 bits per heavy atom. The van der Waals surface area contributed by atoms with E-state index >= 15 is 0 Å². The second-order valence-electron chi connectivity index (χ2n) is 2.71. The highest BCUT2D eigenvalue weighted by molar-refractivity contribution is 7.09. The van der Waals surface area contributed by atoms with Crippen molar-refractivity contribution >= 4 is 29.1 Å². The standard InChI is InChI=1S/C9H5ClN2O2S/c10-6-4-2-1-3-5(6)8-11-7(9(13)14)12-15-8/h1-4H,(H,13,14). The number of carboxylic acid groups (broad SMARTS) is 1. The van der Waals surface area contributed by atoms with Crippen molar-refractivity contribution in [2.45, 2.75) is 0 Å². The Kier molecular flexibility index (Phi) is 2.66. The lowest BCUT2D eigenvalue weighted by molar-refractivity contribution is 0.0685. The molecule has 0 aliphatic carbocycles. The van der Waals surface area contributed by atoms with Gasteiger partial charge in [0.15, 0.2) is 0 Å². The van der Waals surface area contributed by atoms with Gasteiger partial charge in [-0.1, -0.05) is 29.8 Å². The van der Waals surface area contributed by atoms with Gasteiger partial charge in [0.05, 0.1) is 5.02 Å². The molecule has 0 aliphatic rings. The first-order valence-electron chi connectivity index (χ1n) is 4.00. The largest absolute Gasteiger partial charge is 0.475 e. The highest BCUT2D eigenvalue weighted by Crippen LogP contribution is 2.28. The number of hydrogen-bond acceptors (Lipinski definition) is 4. The van der Waals surface area contributed by atoms with Crippen molar-refractivity contribution in [3.8, 4) is 10.6 Å². The third kappa shape index (κ3) is 1.98. The molecule has 0 amide bonds. The van der Waals surface area contributed by atoms with Crippen molar-refractivity contribution in [1.82, 2.24) is 9.36 Å². The molecule has 1 aromatic heterocycles. The zero-order valence-electron chi connectivity index (χ0n) is 7.35. The second kappa shape index (κ2) is 3.96. The van der Waals surface area contributed by atoms with Gasteiger partial charge in [0, 0.05) is 5.56 Å². The van der Waals surface area contributed by atoms with E-state index in [9.17, 15) is 4.79 Å². The third-order valence-corrected chi connectivity index (χ3v) is 2.80. The number of benzene rings is 1. The maximum atomic E-state index is 10.6. The first-order valence-corrected chi connectivity index (χ1v) is 5.15. The van der Waals surface area contributed by atoms with Crippen LogP contribution in [0.15, 0.2) is 24.3 Å². The molecule has 0 spiro atoms. The zero-order chi connectivity index (χ0) is 10.8. The van der Waals surface area contributed by atoms with Gasteiger partial charge in [-0.3, -0.25) is 0 Å². The topological polar surface area (TPSA) is 63.1 Å². The molecule has 15 heavy (non-hydrogen) atoms. The molecule has 0 fully saturated rings. The second-order valence-corrected chi connectivity index (χ2v) is 3.87. The summed E-state index contributed by atoms with van der Waals surface area (Å²) in [6.45, 7) is 0. The van der Waals surface area contributed by atoms with Gasteiger partial charge in [-0.25, -0.2) is 9.78 Å². The van der Waals surface area contributed by atoms with Crippen molar-refractivity contribution in [3.63, 3.8) is 0 Å². The Morgan fingerprint density at radius 3 is 2.73 bits per heavy atom. The first kappa shape index (κ1) is 10.1. The van der Waals surface area contributed by atoms with Crippen LogP contribution in [0.25, 0.3) is 10.6 Å². The van der Waals surface area contributed by atoms with Crippen LogP contribution in [0.5, 0.6) is 0 Å². The molecule has 2 aromatic rings. The normalized spacial score (nSPS) is 10.2. The van der Waals surface area contributed by atoms with E-state index < -0.39 is 5.97 Å². The van der Waals surface area contributed by atoms with E-state index in [0.29, 0.717) is 15.6 Å². The molecule has 0 bridgehead atoms. The molecule has 1 N–H and O–H groups in total. The van der Waals surface area contributed by atoms with Crippen LogP contribution in [-0.4, -0.2) is 20.4 Å². The summed E-state index contributed by atoms with van der Waals surface area (Å²) in [5.74, 6) is -1.33. The monoisotopic (exact) mass is 240 g/mol. The lowest BCUT2D eigenvalue weighted by Crippen LogP contribution is -1.98. The highest BCUT2D eigenvalue weighted by Gasteiger charge is 2.13. The summed E-state index contributed by atoms with van der Waals surface area (Å²) >= 11 is 6.96. The van der Waals surface area contributed by atoms with E-state index in [4.69, 9.17) is 16.7 Å². The van der Waals surface area contributed by atoms with Crippen molar-refractivity contribution in [3.05, 3.63) is 35.1 Å². The molecule has 6 heteroatoms. The minimum absolute atomic E-state index is 0.199. The minimum Gasteiger partial charge on any atom is -0.475 e. The Labute approximate surface area is 94.3 Å². The number of rotatable bonds is 2. The Bertz CT molecular complexity index is 512. The Hall–Kier alpha value is -1.46. The molecule has 0 radical (unpaired) electrons. The summed E-state index contributed by atoms with van der Waals surface area (Å²) in [4.78, 5) is 14.4. The van der Waals surface area contributed by atoms with Gasteiger partial charge in [-0.2, -0.15) is 4.37 Å². The first-order chi connectivity index (χ1) is 7.18. The quantitative estimate of drug-likeness (QED) is 0.876. The summed E-state index contributed by atoms with van der Waals surface area (Å²) in [6, 6.07) is 7.10. The summed E-state index contributed by atoms with van der Waals surface area (Å²) < 4.78 is 3.71. The molecular formula is C9H5ClN2O2S. The van der Waals surface area contributed by atoms with Crippen molar-refractivity contribution in [1.29, 1.82) is 0 Å². The number of hydrogen-bond donors (Lipinski definition) is 1. The summed E-state index contributed by atoms with van der Waals surface area (Å²) in [7, 11) is 0. The predicted octanol–water partition coefficient (Wildman–Crippen LogP) is 2.56. The van der Waals surface area contributed by atoms with Crippen LogP contribution in [0.3, 0.4) is 0 Å². The van der Waals surface area contributed by atoms with Crippen molar-refractivity contribution in [2.75, 3.05) is 0 Å². The number of nitrogens with zero attached hydrogens (tertiary/aromatic N) is 2. The van der Waals surface area contributed by atoms with Gasteiger partial charge >= 0.3 is 5.97 Å². The molecule has 76 valence electrons. The number of aromatic nitrogens is 2. The minimum atomic E-state index is -1.13. The van der Waals surface area contributed by atoms with Gasteiger partial charge in [-0.05, 0) is 17.6 Å². The number of carboxylic acids is 1. The fourth-order valence-electron chi connectivity index (χ4n) is 1.05. The Morgan fingerprint density at radius 1 is 1.40 bits per heavy atom. The van der Waals surface area contributed by atoms with Gasteiger partial charge < -0.3 is 5.11 Å². The molecule has 1 aromatic carbocycles. The lowest BCUT2D eigenvalue weighted by Gasteiger charge is -1.96. The molecule has 0 aliphatic heterocycles. The molecule has 0 atom stereocenters. The van der Waals surface area contributed by atoms with Crippen LogP contribution in [-0.2, 0) is 0 Å². The average molecular weight is 241 g/mol. The number of carbonyl (C=O) groups is 1. The van der Waals surface area contributed by atoms with E-state index in [1.807, 2.05) is 6.07 Å². The molecular weight excluding hydrogens is 236 g/mol. The zero-order valence-corrected chi connectivity index (χ0v) is 8.92. The van der Waals surface area contributed by atoms with E-state index in [2.05, 4.69) is 9.36 Å². The van der Waals surface area contributed by atoms with Crippen LogP contribution in [0, 0.1) is 0 Å². The van der Waals surface area contributed by atoms with Crippen molar-refractivity contribution < 1.29 is 9.90 Å². The molecule has 0 saturated heterocycles. The van der Waals surface area contributed by atoms with Crippen LogP contribution >= 0.6 is 23.1 Å². The van der Waals surface area contributed by atoms with E-state index in [0.717, 1.165) is 11.5 Å². The van der Waals surface area contributed by atoms with Crippen LogP contribution in [0.4, 0.5) is 0 Å². The maximum absolute atomic E-state index is 10.6. The van der Waals surface area contributed by atoms with Crippen molar-refractivity contribution in [2.24, 2.45) is 0 Å². The van der Waals surface area contributed by atoms with E-state index in [1.165, 1.54) is 0 Å². The lowest BCUT2D eigenvalue weighted by atomic mass is 10.2. The van der Waals surface area contributed by atoms with Gasteiger partial charge in [-0.15, -0.1) is 0 Å². The summed E-state index contributed by atoms with van der Waals surface area (Å²) in [5.41, 5.74) is 0.698. The number of aromatic carboxylic acids is 1. The highest BCUT2D eigenvalue weighted by atomic mass is 35.5. The molecule has 0 saturated carbocycles. The maximum Gasteiger partial charge on any atom is 0.375 e. The summed E-state index contributed by atoms with van der Waals surface area (Å²) in [5, 5.41) is 9.71. The third-order valence-electron chi connectivity index (χ3n) is 1.72. The SMILES string of the molecule is O=C(O)c1nsc(-c2ccccc2Cl)n1. The van der Waals surface area contributed by atoms with Gasteiger partial charge in [0.2, 0.25) is 0 Å². The average Bonchev–Trinajstić information content (AvgIpc) is 2.67. The number of halogens is 1. The predicted molar refractivity (Wildman–Crippen MR) is 57.3 cm³/mol. The molecule has 0 unspecified atom stereocenters. The van der Waals surface area contributed by atoms with E-state index in [-0.39, 0.29) is 5.82 Å². The smallest absolute Gasteiger partial charge is 0.375 e. The van der Waals surface area contributed by atoms with E-state index in [1.54, 1.807) is 18.2 Å². The fraction of sp³-hybridized carbons (Fsp3) is 0.